The van der Waals surface area contributed by atoms with Gasteiger partial charge in [0.2, 0.25) is 0 Å². The summed E-state index contributed by atoms with van der Waals surface area (Å²) in [5.41, 5.74) is 0.228. The maximum Gasteiger partial charge on any atom is 0.321 e. The number of nitrogens with one attached hydrogen (secondary N) is 1. The molecule has 104 valence electrons. The molecule has 0 aliphatic carbocycles. The van der Waals surface area contributed by atoms with Crippen molar-refractivity contribution in [2.45, 2.75) is 12.8 Å². The lowest BCUT2D eigenvalue weighted by molar-refractivity contribution is 0.110. The number of anilines is 1. The molecule has 1 fully saturated rings. The third kappa shape index (κ3) is 3.67. The molecule has 0 unspecified atom stereocenters. The van der Waals surface area contributed by atoms with Crippen LogP contribution in [0.1, 0.15) is 12.8 Å². The molecule has 0 aromatic heterocycles. The summed E-state index contributed by atoms with van der Waals surface area (Å²) in [5, 5.41) is 2.61. The number of ether oxygens (including phenoxy) is 1. The minimum atomic E-state index is -0.412. The number of carbonyl (C=O) groups excluding carboxylic acids is 1. The minimum Gasteiger partial charge on any atom is -0.384 e. The zero-order valence-electron chi connectivity index (χ0n) is 11.1. The summed E-state index contributed by atoms with van der Waals surface area (Å²) in [4.78, 5) is 13.7. The molecule has 1 aromatic rings. The van der Waals surface area contributed by atoms with Crippen LogP contribution < -0.4 is 5.32 Å². The SMILES string of the molecule is COCC1CCN(C(=O)Nc2ccccc2F)CC1. The van der Waals surface area contributed by atoms with E-state index in [0.717, 1.165) is 19.4 Å². The van der Waals surface area contributed by atoms with Gasteiger partial charge in [0.15, 0.2) is 0 Å². The fourth-order valence-electron chi connectivity index (χ4n) is 2.30. The Kier molecular flexibility index (Phi) is 4.74. The summed E-state index contributed by atoms with van der Waals surface area (Å²) >= 11 is 0. The predicted molar refractivity (Wildman–Crippen MR) is 71.6 cm³/mol. The number of para-hydroxylation sites is 1. The zero-order chi connectivity index (χ0) is 13.7. The molecule has 2 amide bonds. The van der Waals surface area contributed by atoms with Crippen molar-refractivity contribution in [1.29, 1.82) is 0 Å². The van der Waals surface area contributed by atoms with Gasteiger partial charge in [0.05, 0.1) is 5.69 Å². The van der Waals surface area contributed by atoms with Crippen molar-refractivity contribution in [3.05, 3.63) is 30.1 Å². The highest BCUT2D eigenvalue weighted by Gasteiger charge is 2.23. The number of carbonyl (C=O) groups is 1. The van der Waals surface area contributed by atoms with E-state index in [-0.39, 0.29) is 11.7 Å². The fraction of sp³-hybridized carbons (Fsp3) is 0.500. The van der Waals surface area contributed by atoms with E-state index in [2.05, 4.69) is 5.32 Å². The second kappa shape index (κ2) is 6.52. The Balaban J connectivity index is 1.87. The first-order valence-corrected chi connectivity index (χ1v) is 6.50. The number of hydrogen-bond donors (Lipinski definition) is 1. The lowest BCUT2D eigenvalue weighted by atomic mass is 9.98. The molecule has 4 nitrogen and oxygen atoms in total. The van der Waals surface area contributed by atoms with Crippen molar-refractivity contribution in [2.24, 2.45) is 5.92 Å². The largest absolute Gasteiger partial charge is 0.384 e. The highest BCUT2D eigenvalue weighted by Crippen LogP contribution is 2.19. The standard InChI is InChI=1S/C14H19FN2O2/c1-19-10-11-6-8-17(9-7-11)14(18)16-13-5-3-2-4-12(13)15/h2-5,11H,6-10H2,1H3,(H,16,18). The maximum absolute atomic E-state index is 13.4. The Bertz CT molecular complexity index is 431. The van der Waals surface area contributed by atoms with Gasteiger partial charge < -0.3 is 15.0 Å². The average Bonchev–Trinajstić information content (AvgIpc) is 2.42. The third-order valence-electron chi connectivity index (χ3n) is 3.42. The van der Waals surface area contributed by atoms with Crippen molar-refractivity contribution in [3.8, 4) is 0 Å². The van der Waals surface area contributed by atoms with Crippen LogP contribution in [0.4, 0.5) is 14.9 Å². The lowest BCUT2D eigenvalue weighted by Crippen LogP contribution is -2.41. The highest BCUT2D eigenvalue weighted by molar-refractivity contribution is 5.89. The van der Waals surface area contributed by atoms with Crippen LogP contribution in [0.15, 0.2) is 24.3 Å². The minimum absolute atomic E-state index is 0.228. The van der Waals surface area contributed by atoms with Crippen molar-refractivity contribution in [2.75, 3.05) is 32.1 Å². The number of piperidine rings is 1. The number of halogens is 1. The highest BCUT2D eigenvalue weighted by atomic mass is 19.1. The van der Waals surface area contributed by atoms with Crippen molar-refractivity contribution >= 4 is 11.7 Å². The summed E-state index contributed by atoms with van der Waals surface area (Å²) in [5.74, 6) is 0.104. The topological polar surface area (TPSA) is 41.6 Å². The predicted octanol–water partition coefficient (Wildman–Crippen LogP) is 2.72. The van der Waals surface area contributed by atoms with E-state index in [1.165, 1.54) is 6.07 Å². The van der Waals surface area contributed by atoms with Crippen LogP contribution in [0.5, 0.6) is 0 Å². The molecule has 1 aliphatic heterocycles. The lowest BCUT2D eigenvalue weighted by Gasteiger charge is -2.31. The zero-order valence-corrected chi connectivity index (χ0v) is 11.1. The Hall–Kier alpha value is -1.62. The number of methoxy groups -OCH3 is 1. The van der Waals surface area contributed by atoms with Gasteiger partial charge in [-0.1, -0.05) is 12.1 Å². The molecule has 1 aromatic carbocycles. The number of rotatable bonds is 3. The van der Waals surface area contributed by atoms with Crippen LogP contribution >= 0.6 is 0 Å². The Morgan fingerprint density at radius 3 is 2.74 bits per heavy atom. The molecule has 1 saturated heterocycles. The molecule has 5 heteroatoms. The molecular formula is C14H19FN2O2. The number of hydrogen-bond acceptors (Lipinski definition) is 2. The number of urea groups is 1. The molecule has 0 radical (unpaired) electrons. The van der Waals surface area contributed by atoms with E-state index in [0.29, 0.717) is 19.0 Å². The summed E-state index contributed by atoms with van der Waals surface area (Å²) in [6.45, 7) is 2.12. The van der Waals surface area contributed by atoms with Crippen molar-refractivity contribution < 1.29 is 13.9 Å². The molecule has 1 heterocycles. The Labute approximate surface area is 112 Å². The van der Waals surface area contributed by atoms with Gasteiger partial charge >= 0.3 is 6.03 Å². The fourth-order valence-corrected chi connectivity index (χ4v) is 2.30. The first-order chi connectivity index (χ1) is 9.20. The monoisotopic (exact) mass is 266 g/mol. The Morgan fingerprint density at radius 1 is 1.42 bits per heavy atom. The van der Waals surface area contributed by atoms with Crippen LogP contribution in [0.3, 0.4) is 0 Å². The first kappa shape index (κ1) is 13.8. The molecule has 0 bridgehead atoms. The van der Waals surface area contributed by atoms with Crippen LogP contribution in [0.25, 0.3) is 0 Å². The maximum atomic E-state index is 13.4. The van der Waals surface area contributed by atoms with E-state index in [1.807, 2.05) is 0 Å². The van der Waals surface area contributed by atoms with Gasteiger partial charge in [-0.15, -0.1) is 0 Å². The van der Waals surface area contributed by atoms with E-state index < -0.39 is 5.82 Å². The summed E-state index contributed by atoms with van der Waals surface area (Å²) < 4.78 is 18.5. The van der Waals surface area contributed by atoms with Gasteiger partial charge in [0.25, 0.3) is 0 Å². The number of nitrogens with zero attached hydrogens (tertiary/aromatic N) is 1. The van der Waals surface area contributed by atoms with Gasteiger partial charge in [0, 0.05) is 26.8 Å². The van der Waals surface area contributed by atoms with Crippen molar-refractivity contribution in [3.63, 3.8) is 0 Å². The number of likely N-dealkylation sites (tertiary alicyclic amines) is 1. The van der Waals surface area contributed by atoms with Gasteiger partial charge in [-0.3, -0.25) is 0 Å². The molecule has 1 N–H and O–H groups in total. The molecule has 0 atom stereocenters. The van der Waals surface area contributed by atoms with E-state index in [4.69, 9.17) is 4.74 Å². The quantitative estimate of drug-likeness (QED) is 0.914. The second-order valence-electron chi connectivity index (χ2n) is 4.80. The van der Waals surface area contributed by atoms with Crippen LogP contribution in [-0.4, -0.2) is 37.7 Å². The summed E-state index contributed by atoms with van der Waals surface area (Å²) in [7, 11) is 1.69. The normalized spacial score (nSPS) is 16.4. The third-order valence-corrected chi connectivity index (χ3v) is 3.42. The van der Waals surface area contributed by atoms with Gasteiger partial charge in [-0.2, -0.15) is 0 Å². The second-order valence-corrected chi connectivity index (χ2v) is 4.80. The van der Waals surface area contributed by atoms with Gasteiger partial charge in [-0.25, -0.2) is 9.18 Å². The summed E-state index contributed by atoms with van der Waals surface area (Å²) in [6, 6.07) is 5.96. The van der Waals surface area contributed by atoms with Gasteiger partial charge in [0.1, 0.15) is 5.82 Å². The molecule has 2 rings (SSSR count). The van der Waals surface area contributed by atoms with Crippen molar-refractivity contribution in [1.82, 2.24) is 4.90 Å². The molecule has 0 spiro atoms. The number of benzene rings is 1. The molecule has 0 saturated carbocycles. The van der Waals surface area contributed by atoms with E-state index in [9.17, 15) is 9.18 Å². The molecule has 19 heavy (non-hydrogen) atoms. The average molecular weight is 266 g/mol. The Morgan fingerprint density at radius 2 is 2.11 bits per heavy atom. The summed E-state index contributed by atoms with van der Waals surface area (Å²) in [6.07, 6.45) is 1.86. The van der Waals surface area contributed by atoms with Gasteiger partial charge in [-0.05, 0) is 30.9 Å². The van der Waals surface area contributed by atoms with Crippen LogP contribution in [0, 0.1) is 11.7 Å². The smallest absolute Gasteiger partial charge is 0.321 e. The molecule has 1 aliphatic rings. The van der Waals surface area contributed by atoms with E-state index in [1.54, 1.807) is 30.2 Å². The number of amides is 2. The first-order valence-electron chi connectivity index (χ1n) is 6.50. The van der Waals surface area contributed by atoms with E-state index >= 15 is 0 Å². The van der Waals surface area contributed by atoms with Crippen LogP contribution in [-0.2, 0) is 4.74 Å². The molecular weight excluding hydrogens is 247 g/mol. The van der Waals surface area contributed by atoms with Crippen LogP contribution in [0.2, 0.25) is 0 Å².